The zero-order chi connectivity index (χ0) is 17.7. The summed E-state index contributed by atoms with van der Waals surface area (Å²) in [6.45, 7) is 5.23. The third kappa shape index (κ3) is 8.62. The molecule has 0 bridgehead atoms. The molecule has 2 nitrogen and oxygen atoms in total. The number of nitrogens with zero attached hydrogens (tertiary/aromatic N) is 2. The Morgan fingerprint density at radius 3 is 2.04 bits per heavy atom. The minimum Gasteiger partial charge on any atom is -0.240 e. The lowest BCUT2D eigenvalue weighted by Crippen LogP contribution is -2.33. The summed E-state index contributed by atoms with van der Waals surface area (Å²) in [7, 11) is 0. The van der Waals surface area contributed by atoms with Crippen LogP contribution in [-0.2, 0) is 13.0 Å². The quantitative estimate of drug-likeness (QED) is 0.305. The van der Waals surface area contributed by atoms with Gasteiger partial charge < -0.3 is 0 Å². The van der Waals surface area contributed by atoms with E-state index in [-0.39, 0.29) is 0 Å². The second kappa shape index (κ2) is 12.2. The second-order valence-corrected chi connectivity index (χ2v) is 8.23. The minimum atomic E-state index is 0.878. The van der Waals surface area contributed by atoms with Crippen LogP contribution in [-0.4, -0.2) is 4.98 Å². The molecule has 0 radical (unpaired) electrons. The molecule has 0 unspecified atom stereocenters. The maximum Gasteiger partial charge on any atom is 0.191 e. The zero-order valence-corrected chi connectivity index (χ0v) is 17.0. The second-order valence-electron chi connectivity index (χ2n) is 7.17. The first-order valence-electron chi connectivity index (χ1n) is 10.2. The molecule has 2 aromatic heterocycles. The van der Waals surface area contributed by atoms with Crippen molar-refractivity contribution in [1.29, 1.82) is 0 Å². The summed E-state index contributed by atoms with van der Waals surface area (Å²) in [5.41, 5.74) is 2.63. The summed E-state index contributed by atoms with van der Waals surface area (Å²) < 4.78 is 2.22. The SMILES string of the molecule is CCCCCCCCCCCCc1cc[n+](Cc2csc(C)n2)cc1. The van der Waals surface area contributed by atoms with E-state index in [1.54, 1.807) is 11.3 Å². The zero-order valence-electron chi connectivity index (χ0n) is 16.2. The number of unbranched alkanes of at least 4 members (excludes halogenated alkanes) is 9. The Labute approximate surface area is 158 Å². The number of aryl methyl sites for hydroxylation is 2. The molecule has 0 aromatic carbocycles. The van der Waals surface area contributed by atoms with Gasteiger partial charge in [-0.3, -0.25) is 0 Å². The topological polar surface area (TPSA) is 16.8 Å². The van der Waals surface area contributed by atoms with E-state index < -0.39 is 0 Å². The molecule has 0 saturated carbocycles. The molecular formula is C22H35N2S+. The molecule has 138 valence electrons. The molecule has 0 saturated heterocycles. The van der Waals surface area contributed by atoms with E-state index in [1.165, 1.54) is 76.2 Å². The van der Waals surface area contributed by atoms with Crippen molar-refractivity contribution in [3.63, 3.8) is 0 Å². The first-order chi connectivity index (χ1) is 12.3. The number of pyridine rings is 1. The molecule has 0 spiro atoms. The van der Waals surface area contributed by atoms with Crippen LogP contribution in [0.5, 0.6) is 0 Å². The van der Waals surface area contributed by atoms with Gasteiger partial charge in [0.15, 0.2) is 18.9 Å². The van der Waals surface area contributed by atoms with Crippen LogP contribution < -0.4 is 4.57 Å². The Hall–Kier alpha value is -1.22. The largest absolute Gasteiger partial charge is 0.240 e. The monoisotopic (exact) mass is 359 g/mol. The molecular weight excluding hydrogens is 324 g/mol. The number of aromatic nitrogens is 2. The van der Waals surface area contributed by atoms with Crippen molar-refractivity contribution in [2.24, 2.45) is 0 Å². The Morgan fingerprint density at radius 1 is 0.880 bits per heavy atom. The fourth-order valence-electron chi connectivity index (χ4n) is 3.24. The maximum atomic E-state index is 4.53. The Balaban J connectivity index is 1.53. The standard InChI is InChI=1S/C22H35N2S/c1-3-4-5-6-7-8-9-10-11-12-13-21-14-16-24(17-15-21)18-22-19-25-20(2)23-22/h14-17,19H,3-13,18H2,1-2H3/q+1. The van der Waals surface area contributed by atoms with Crippen LogP contribution >= 0.6 is 11.3 Å². The molecule has 0 atom stereocenters. The fraction of sp³-hybridized carbons (Fsp3) is 0.636. The smallest absolute Gasteiger partial charge is 0.191 e. The van der Waals surface area contributed by atoms with Gasteiger partial charge in [0.25, 0.3) is 0 Å². The van der Waals surface area contributed by atoms with Crippen molar-refractivity contribution in [1.82, 2.24) is 4.98 Å². The van der Waals surface area contributed by atoms with E-state index in [1.807, 2.05) is 0 Å². The molecule has 0 aliphatic carbocycles. The highest BCUT2D eigenvalue weighted by Crippen LogP contribution is 2.12. The van der Waals surface area contributed by atoms with E-state index in [0.29, 0.717) is 0 Å². The lowest BCUT2D eigenvalue weighted by atomic mass is 10.0. The minimum absolute atomic E-state index is 0.878. The van der Waals surface area contributed by atoms with Crippen molar-refractivity contribution in [3.8, 4) is 0 Å². The molecule has 2 aromatic rings. The van der Waals surface area contributed by atoms with Crippen LogP contribution in [0.25, 0.3) is 0 Å². The molecule has 2 heterocycles. The normalized spacial score (nSPS) is 11.1. The molecule has 3 heteroatoms. The Bertz CT molecular complexity index is 574. The van der Waals surface area contributed by atoms with E-state index in [0.717, 1.165) is 17.2 Å². The Kier molecular flexibility index (Phi) is 9.79. The predicted octanol–water partition coefficient (Wildman–Crippen LogP) is 6.25. The van der Waals surface area contributed by atoms with Crippen molar-refractivity contribution in [2.45, 2.75) is 91.0 Å². The lowest BCUT2D eigenvalue weighted by Gasteiger charge is -2.03. The fourth-order valence-corrected chi connectivity index (χ4v) is 3.85. The van der Waals surface area contributed by atoms with Gasteiger partial charge in [0.1, 0.15) is 5.69 Å². The van der Waals surface area contributed by atoms with Crippen molar-refractivity contribution in [3.05, 3.63) is 46.2 Å². The number of hydrogen-bond donors (Lipinski definition) is 0. The molecule has 0 aliphatic heterocycles. The number of rotatable bonds is 13. The van der Waals surface area contributed by atoms with Crippen molar-refractivity contribution < 1.29 is 4.57 Å². The van der Waals surface area contributed by atoms with E-state index >= 15 is 0 Å². The van der Waals surface area contributed by atoms with E-state index in [9.17, 15) is 0 Å². The van der Waals surface area contributed by atoms with Crippen LogP contribution in [0.3, 0.4) is 0 Å². The van der Waals surface area contributed by atoms with Gasteiger partial charge in [-0.25, -0.2) is 4.98 Å². The average Bonchev–Trinajstić information content (AvgIpc) is 3.03. The lowest BCUT2D eigenvalue weighted by molar-refractivity contribution is -0.688. The summed E-state index contributed by atoms with van der Waals surface area (Å²) in [5.74, 6) is 0. The summed E-state index contributed by atoms with van der Waals surface area (Å²) >= 11 is 1.73. The highest BCUT2D eigenvalue weighted by atomic mass is 32.1. The van der Waals surface area contributed by atoms with E-state index in [2.05, 4.69) is 53.3 Å². The van der Waals surface area contributed by atoms with Gasteiger partial charge in [-0.15, -0.1) is 11.3 Å². The van der Waals surface area contributed by atoms with Crippen LogP contribution in [0.2, 0.25) is 0 Å². The molecule has 25 heavy (non-hydrogen) atoms. The molecule has 0 fully saturated rings. The molecule has 0 N–H and O–H groups in total. The summed E-state index contributed by atoms with van der Waals surface area (Å²) in [5, 5.41) is 3.30. The van der Waals surface area contributed by atoms with Gasteiger partial charge in [-0.05, 0) is 25.3 Å². The number of thiazole rings is 1. The van der Waals surface area contributed by atoms with Crippen LogP contribution in [0, 0.1) is 6.92 Å². The third-order valence-corrected chi connectivity index (χ3v) is 5.61. The first-order valence-corrected chi connectivity index (χ1v) is 11.0. The summed E-state index contributed by atoms with van der Waals surface area (Å²) in [6.07, 6.45) is 19.7. The van der Waals surface area contributed by atoms with Crippen LogP contribution in [0.1, 0.15) is 87.4 Å². The van der Waals surface area contributed by atoms with Crippen LogP contribution in [0.15, 0.2) is 29.9 Å². The third-order valence-electron chi connectivity index (χ3n) is 4.79. The highest BCUT2D eigenvalue weighted by Gasteiger charge is 2.06. The van der Waals surface area contributed by atoms with Gasteiger partial charge >= 0.3 is 0 Å². The van der Waals surface area contributed by atoms with Crippen LogP contribution in [0.4, 0.5) is 0 Å². The van der Waals surface area contributed by atoms with Crippen molar-refractivity contribution in [2.75, 3.05) is 0 Å². The molecule has 0 aliphatic rings. The van der Waals surface area contributed by atoms with Gasteiger partial charge in [0.2, 0.25) is 0 Å². The molecule has 2 rings (SSSR count). The highest BCUT2D eigenvalue weighted by molar-refractivity contribution is 7.09. The molecule has 0 amide bonds. The van der Waals surface area contributed by atoms with Gasteiger partial charge in [0, 0.05) is 17.5 Å². The first kappa shape index (κ1) is 20.1. The summed E-state index contributed by atoms with van der Waals surface area (Å²) in [6, 6.07) is 4.54. The average molecular weight is 360 g/mol. The van der Waals surface area contributed by atoms with Gasteiger partial charge in [-0.2, -0.15) is 4.57 Å². The number of hydrogen-bond acceptors (Lipinski definition) is 2. The Morgan fingerprint density at radius 2 is 1.48 bits per heavy atom. The van der Waals surface area contributed by atoms with Gasteiger partial charge in [0.05, 0.1) is 5.01 Å². The van der Waals surface area contributed by atoms with Gasteiger partial charge in [-0.1, -0.05) is 64.7 Å². The van der Waals surface area contributed by atoms with Crippen molar-refractivity contribution >= 4 is 11.3 Å². The van der Waals surface area contributed by atoms with E-state index in [4.69, 9.17) is 0 Å². The summed E-state index contributed by atoms with van der Waals surface area (Å²) in [4.78, 5) is 4.53. The predicted molar refractivity (Wildman–Crippen MR) is 108 cm³/mol. The maximum absolute atomic E-state index is 4.53.